The molecule has 19 heavy (non-hydrogen) atoms. The molecule has 0 saturated heterocycles. The van der Waals surface area contributed by atoms with Crippen LogP contribution in [0, 0.1) is 0 Å². The second kappa shape index (κ2) is 5.91. The van der Waals surface area contributed by atoms with E-state index in [0.717, 1.165) is 5.56 Å². The summed E-state index contributed by atoms with van der Waals surface area (Å²) in [5, 5.41) is 21.1. The van der Waals surface area contributed by atoms with E-state index in [-0.39, 0.29) is 17.4 Å². The van der Waals surface area contributed by atoms with E-state index in [4.69, 9.17) is 10.2 Å². The van der Waals surface area contributed by atoms with Gasteiger partial charge in [-0.25, -0.2) is 0 Å². The van der Waals surface area contributed by atoms with E-state index in [1.54, 1.807) is 24.3 Å². The Morgan fingerprint density at radius 2 is 1.42 bits per heavy atom. The summed E-state index contributed by atoms with van der Waals surface area (Å²) in [6, 6.07) is 13.0. The van der Waals surface area contributed by atoms with Gasteiger partial charge in [-0.2, -0.15) is 0 Å². The van der Waals surface area contributed by atoms with Gasteiger partial charge in [0.05, 0.1) is 0 Å². The van der Waals surface area contributed by atoms with Crippen LogP contribution in [0.25, 0.3) is 0 Å². The molecule has 0 fully saturated rings. The molecule has 4 heteroatoms. The van der Waals surface area contributed by atoms with Crippen LogP contribution in [0.5, 0.6) is 11.5 Å². The third-order valence-corrected chi connectivity index (χ3v) is 2.77. The van der Waals surface area contributed by atoms with Crippen LogP contribution in [0.2, 0.25) is 0 Å². The lowest BCUT2D eigenvalue weighted by atomic mass is 10.1. The van der Waals surface area contributed by atoms with Crippen LogP contribution in [-0.4, -0.2) is 22.7 Å². The number of benzene rings is 2. The minimum Gasteiger partial charge on any atom is -0.508 e. The number of amides is 1. The minimum atomic E-state index is -0.168. The van der Waals surface area contributed by atoms with Crippen molar-refractivity contribution >= 4 is 5.91 Å². The molecule has 0 radical (unpaired) electrons. The fourth-order valence-corrected chi connectivity index (χ4v) is 1.70. The molecule has 98 valence electrons. The molecule has 1 amide bonds. The first-order valence-corrected chi connectivity index (χ1v) is 6.00. The average Bonchev–Trinajstić information content (AvgIpc) is 2.41. The van der Waals surface area contributed by atoms with Gasteiger partial charge in [-0.05, 0) is 48.4 Å². The van der Waals surface area contributed by atoms with E-state index in [1.807, 2.05) is 12.1 Å². The first-order valence-electron chi connectivity index (χ1n) is 6.00. The van der Waals surface area contributed by atoms with Gasteiger partial charge >= 0.3 is 0 Å². The van der Waals surface area contributed by atoms with Gasteiger partial charge < -0.3 is 15.5 Å². The molecule has 2 aromatic rings. The highest BCUT2D eigenvalue weighted by Crippen LogP contribution is 2.11. The first kappa shape index (κ1) is 13.0. The summed E-state index contributed by atoms with van der Waals surface area (Å²) < 4.78 is 0. The molecule has 0 saturated carbocycles. The Bertz CT molecular complexity index is 547. The standard InChI is InChI=1S/C15H15NO3/c17-13-5-1-11(2-6-13)9-10-16-15(19)12-3-7-14(18)8-4-12/h1-8,17-18H,9-10H2,(H,16,19). The van der Waals surface area contributed by atoms with Gasteiger partial charge in [-0.15, -0.1) is 0 Å². The zero-order valence-electron chi connectivity index (χ0n) is 10.3. The molecule has 2 rings (SSSR count). The maximum Gasteiger partial charge on any atom is 0.251 e. The van der Waals surface area contributed by atoms with Crippen molar-refractivity contribution in [2.75, 3.05) is 6.54 Å². The molecule has 3 N–H and O–H groups in total. The van der Waals surface area contributed by atoms with Crippen LogP contribution in [0.4, 0.5) is 0 Å². The molecule has 0 aromatic heterocycles. The van der Waals surface area contributed by atoms with Crippen LogP contribution in [-0.2, 0) is 6.42 Å². The Morgan fingerprint density at radius 3 is 2.00 bits per heavy atom. The van der Waals surface area contributed by atoms with E-state index >= 15 is 0 Å². The van der Waals surface area contributed by atoms with Crippen LogP contribution >= 0.6 is 0 Å². The lowest BCUT2D eigenvalue weighted by molar-refractivity contribution is 0.0954. The van der Waals surface area contributed by atoms with E-state index in [9.17, 15) is 4.79 Å². The molecule has 0 aliphatic carbocycles. The van der Waals surface area contributed by atoms with E-state index < -0.39 is 0 Å². The molecule has 0 bridgehead atoms. The van der Waals surface area contributed by atoms with Gasteiger partial charge in [0, 0.05) is 12.1 Å². The summed E-state index contributed by atoms with van der Waals surface area (Å²) in [7, 11) is 0. The number of hydrogen-bond acceptors (Lipinski definition) is 3. The largest absolute Gasteiger partial charge is 0.508 e. The molecule has 0 aliphatic heterocycles. The molecule has 4 nitrogen and oxygen atoms in total. The van der Waals surface area contributed by atoms with Gasteiger partial charge in [0.1, 0.15) is 11.5 Å². The summed E-state index contributed by atoms with van der Waals surface area (Å²) in [5.74, 6) is 0.205. The molecule has 0 atom stereocenters. The summed E-state index contributed by atoms with van der Waals surface area (Å²) in [5.41, 5.74) is 1.56. The second-order valence-electron chi connectivity index (χ2n) is 4.22. The molecule has 0 aliphatic rings. The number of phenols is 2. The van der Waals surface area contributed by atoms with Crippen molar-refractivity contribution in [1.29, 1.82) is 0 Å². The highest BCUT2D eigenvalue weighted by atomic mass is 16.3. The normalized spacial score (nSPS) is 10.1. The number of carbonyl (C=O) groups excluding carboxylic acids is 1. The van der Waals surface area contributed by atoms with E-state index in [0.29, 0.717) is 18.5 Å². The van der Waals surface area contributed by atoms with Gasteiger partial charge in [-0.3, -0.25) is 4.79 Å². The van der Waals surface area contributed by atoms with Gasteiger partial charge in [0.2, 0.25) is 0 Å². The summed E-state index contributed by atoms with van der Waals surface area (Å²) in [6.45, 7) is 0.518. The van der Waals surface area contributed by atoms with Crippen molar-refractivity contribution in [2.45, 2.75) is 6.42 Å². The molecule has 0 heterocycles. The SMILES string of the molecule is O=C(NCCc1ccc(O)cc1)c1ccc(O)cc1. The molecular weight excluding hydrogens is 242 g/mol. The van der Waals surface area contributed by atoms with Crippen LogP contribution in [0.1, 0.15) is 15.9 Å². The summed E-state index contributed by atoms with van der Waals surface area (Å²) in [4.78, 5) is 11.8. The molecule has 0 unspecified atom stereocenters. The number of aromatic hydroxyl groups is 2. The highest BCUT2D eigenvalue weighted by molar-refractivity contribution is 5.94. The zero-order valence-corrected chi connectivity index (χ0v) is 10.3. The average molecular weight is 257 g/mol. The molecule has 2 aromatic carbocycles. The monoisotopic (exact) mass is 257 g/mol. The molecular formula is C15H15NO3. The predicted octanol–water partition coefficient (Wildman–Crippen LogP) is 2.07. The lowest BCUT2D eigenvalue weighted by Gasteiger charge is -2.05. The zero-order chi connectivity index (χ0) is 13.7. The highest BCUT2D eigenvalue weighted by Gasteiger charge is 2.04. The van der Waals surface area contributed by atoms with E-state index in [2.05, 4.69) is 5.32 Å². The fourth-order valence-electron chi connectivity index (χ4n) is 1.70. The number of phenolic OH excluding ortho intramolecular Hbond substituents is 2. The van der Waals surface area contributed by atoms with Gasteiger partial charge in [-0.1, -0.05) is 12.1 Å². The minimum absolute atomic E-state index is 0.139. The van der Waals surface area contributed by atoms with Crippen molar-refractivity contribution in [3.63, 3.8) is 0 Å². The summed E-state index contributed by atoms with van der Waals surface area (Å²) >= 11 is 0. The lowest BCUT2D eigenvalue weighted by Crippen LogP contribution is -2.25. The number of hydrogen-bond donors (Lipinski definition) is 3. The Hall–Kier alpha value is -2.49. The van der Waals surface area contributed by atoms with Crippen LogP contribution in [0.3, 0.4) is 0 Å². The fraction of sp³-hybridized carbons (Fsp3) is 0.133. The number of rotatable bonds is 4. The Kier molecular flexibility index (Phi) is 4.03. The Labute approximate surface area is 111 Å². The summed E-state index contributed by atoms with van der Waals surface area (Å²) in [6.07, 6.45) is 0.699. The smallest absolute Gasteiger partial charge is 0.251 e. The topological polar surface area (TPSA) is 69.6 Å². The van der Waals surface area contributed by atoms with Crippen molar-refractivity contribution in [1.82, 2.24) is 5.32 Å². The van der Waals surface area contributed by atoms with Crippen molar-refractivity contribution < 1.29 is 15.0 Å². The van der Waals surface area contributed by atoms with E-state index in [1.165, 1.54) is 12.1 Å². The van der Waals surface area contributed by atoms with Crippen molar-refractivity contribution in [3.8, 4) is 11.5 Å². The predicted molar refractivity (Wildman–Crippen MR) is 72.3 cm³/mol. The third kappa shape index (κ3) is 3.74. The quantitative estimate of drug-likeness (QED) is 0.785. The van der Waals surface area contributed by atoms with Gasteiger partial charge in [0.25, 0.3) is 5.91 Å². The maximum atomic E-state index is 11.8. The second-order valence-corrected chi connectivity index (χ2v) is 4.22. The number of nitrogens with one attached hydrogen (secondary N) is 1. The third-order valence-electron chi connectivity index (χ3n) is 2.77. The maximum absolute atomic E-state index is 11.8. The van der Waals surface area contributed by atoms with Gasteiger partial charge in [0.15, 0.2) is 0 Å². The van der Waals surface area contributed by atoms with Crippen molar-refractivity contribution in [2.24, 2.45) is 0 Å². The van der Waals surface area contributed by atoms with Crippen molar-refractivity contribution in [3.05, 3.63) is 59.7 Å². The first-order chi connectivity index (χ1) is 9.15. The van der Waals surface area contributed by atoms with Crippen LogP contribution in [0.15, 0.2) is 48.5 Å². The Morgan fingerprint density at radius 1 is 0.895 bits per heavy atom. The van der Waals surface area contributed by atoms with Crippen LogP contribution < -0.4 is 5.32 Å². The Balaban J connectivity index is 1.84. The molecule has 0 spiro atoms. The number of carbonyl (C=O) groups is 1.